The van der Waals surface area contributed by atoms with Crippen LogP contribution in [0.15, 0.2) is 28.3 Å². The van der Waals surface area contributed by atoms with Crippen LogP contribution in [0.5, 0.6) is 0 Å². The predicted octanol–water partition coefficient (Wildman–Crippen LogP) is 3.32. The number of halogens is 1. The lowest BCUT2D eigenvalue weighted by Crippen LogP contribution is -2.35. The number of amides is 1. The molecule has 1 fully saturated rings. The van der Waals surface area contributed by atoms with Gasteiger partial charge >= 0.3 is 0 Å². The van der Waals surface area contributed by atoms with Crippen LogP contribution in [0.4, 0.5) is 5.69 Å². The van der Waals surface area contributed by atoms with Gasteiger partial charge in [0.1, 0.15) is 10.7 Å². The second-order valence-corrected chi connectivity index (χ2v) is 10.0. The van der Waals surface area contributed by atoms with Gasteiger partial charge in [0.05, 0.1) is 10.8 Å². The molecular formula is C18H24ClN5O3S2. The molecule has 1 aromatic heterocycles. The number of aromatic amines is 1. The fourth-order valence-corrected chi connectivity index (χ4v) is 5.68. The number of aryl methyl sites for hydroxylation is 1. The van der Waals surface area contributed by atoms with Gasteiger partial charge in [-0.05, 0) is 37.5 Å². The first-order chi connectivity index (χ1) is 13.9. The predicted molar refractivity (Wildman–Crippen MR) is 114 cm³/mol. The van der Waals surface area contributed by atoms with Crippen molar-refractivity contribution in [1.29, 1.82) is 0 Å². The number of rotatable bonds is 8. The number of piperidine rings is 1. The van der Waals surface area contributed by atoms with Crippen molar-refractivity contribution in [2.24, 2.45) is 0 Å². The number of benzene rings is 1. The van der Waals surface area contributed by atoms with E-state index in [0.29, 0.717) is 23.9 Å². The van der Waals surface area contributed by atoms with Gasteiger partial charge in [-0.1, -0.05) is 36.7 Å². The topological polar surface area (TPSA) is 108 Å². The van der Waals surface area contributed by atoms with Crippen molar-refractivity contribution in [3.05, 3.63) is 29.0 Å². The SMILES string of the molecule is CCCc1nc(SCC(=O)Nc2ccc(Cl)c(S(=O)(=O)N3CCCCC3)c2)n[nH]1. The number of hydrogen-bond donors (Lipinski definition) is 2. The number of sulfonamides is 1. The van der Waals surface area contributed by atoms with Crippen molar-refractivity contribution in [3.63, 3.8) is 0 Å². The normalized spacial score (nSPS) is 15.4. The summed E-state index contributed by atoms with van der Waals surface area (Å²) in [5.74, 6) is 0.626. The molecule has 1 saturated heterocycles. The molecule has 158 valence electrons. The Morgan fingerprint density at radius 3 is 2.79 bits per heavy atom. The van der Waals surface area contributed by atoms with E-state index in [2.05, 4.69) is 27.4 Å². The van der Waals surface area contributed by atoms with E-state index in [-0.39, 0.29) is 21.6 Å². The van der Waals surface area contributed by atoms with Crippen molar-refractivity contribution in [1.82, 2.24) is 19.5 Å². The Kier molecular flexibility index (Phi) is 7.55. The summed E-state index contributed by atoms with van der Waals surface area (Å²) in [7, 11) is -3.69. The zero-order chi connectivity index (χ0) is 20.9. The highest BCUT2D eigenvalue weighted by atomic mass is 35.5. The molecule has 1 aromatic carbocycles. The van der Waals surface area contributed by atoms with Gasteiger partial charge in [-0.3, -0.25) is 9.89 Å². The Balaban J connectivity index is 1.64. The van der Waals surface area contributed by atoms with Crippen LogP contribution in [0.2, 0.25) is 5.02 Å². The van der Waals surface area contributed by atoms with Crippen molar-refractivity contribution in [3.8, 4) is 0 Å². The molecule has 0 radical (unpaired) electrons. The first kappa shape index (κ1) is 22.1. The van der Waals surface area contributed by atoms with E-state index in [1.54, 1.807) is 6.07 Å². The lowest BCUT2D eigenvalue weighted by atomic mass is 10.2. The molecular weight excluding hydrogens is 434 g/mol. The molecule has 3 rings (SSSR count). The Hall–Kier alpha value is -1.62. The summed E-state index contributed by atoms with van der Waals surface area (Å²) in [6, 6.07) is 4.50. The number of aromatic nitrogens is 3. The summed E-state index contributed by atoms with van der Waals surface area (Å²) in [6.07, 6.45) is 4.47. The fraction of sp³-hybridized carbons (Fsp3) is 0.500. The van der Waals surface area contributed by atoms with E-state index in [1.165, 1.54) is 28.2 Å². The van der Waals surface area contributed by atoms with E-state index in [9.17, 15) is 13.2 Å². The third-order valence-electron chi connectivity index (χ3n) is 4.48. The Morgan fingerprint density at radius 1 is 1.31 bits per heavy atom. The van der Waals surface area contributed by atoms with Gasteiger partial charge in [0.25, 0.3) is 0 Å². The zero-order valence-corrected chi connectivity index (χ0v) is 18.5. The lowest BCUT2D eigenvalue weighted by Gasteiger charge is -2.26. The van der Waals surface area contributed by atoms with Crippen LogP contribution in [0.25, 0.3) is 0 Å². The minimum Gasteiger partial charge on any atom is -0.325 e. The molecule has 0 bridgehead atoms. The summed E-state index contributed by atoms with van der Waals surface area (Å²) in [5.41, 5.74) is 0.386. The number of thioether (sulfide) groups is 1. The van der Waals surface area contributed by atoms with Crippen molar-refractivity contribution in [2.75, 3.05) is 24.2 Å². The van der Waals surface area contributed by atoms with Gasteiger partial charge in [-0.25, -0.2) is 13.4 Å². The first-order valence-corrected chi connectivity index (χ1v) is 12.3. The van der Waals surface area contributed by atoms with Crippen molar-refractivity contribution in [2.45, 2.75) is 49.1 Å². The second-order valence-electron chi connectivity index (χ2n) is 6.76. The minimum atomic E-state index is -3.69. The van der Waals surface area contributed by atoms with Crippen LogP contribution in [0.1, 0.15) is 38.4 Å². The summed E-state index contributed by atoms with van der Waals surface area (Å²) in [5, 5.41) is 10.3. The molecule has 1 aliphatic rings. The molecule has 2 aromatic rings. The Bertz CT molecular complexity index is 958. The highest BCUT2D eigenvalue weighted by Crippen LogP contribution is 2.29. The smallest absolute Gasteiger partial charge is 0.244 e. The maximum Gasteiger partial charge on any atom is 0.244 e. The van der Waals surface area contributed by atoms with Gasteiger partial charge in [-0.15, -0.1) is 5.10 Å². The quantitative estimate of drug-likeness (QED) is 0.588. The van der Waals surface area contributed by atoms with Crippen LogP contribution >= 0.6 is 23.4 Å². The molecule has 0 spiro atoms. The van der Waals surface area contributed by atoms with Crippen LogP contribution in [-0.2, 0) is 21.2 Å². The highest BCUT2D eigenvalue weighted by molar-refractivity contribution is 7.99. The fourth-order valence-electron chi connectivity index (χ4n) is 3.04. The van der Waals surface area contributed by atoms with E-state index in [4.69, 9.17) is 11.6 Å². The minimum absolute atomic E-state index is 0.0182. The van der Waals surface area contributed by atoms with Gasteiger partial charge in [0.2, 0.25) is 21.1 Å². The van der Waals surface area contributed by atoms with Crippen LogP contribution in [-0.4, -0.2) is 52.7 Å². The maximum absolute atomic E-state index is 12.9. The van der Waals surface area contributed by atoms with Gasteiger partial charge < -0.3 is 5.32 Å². The van der Waals surface area contributed by atoms with E-state index in [1.807, 2.05) is 0 Å². The van der Waals surface area contributed by atoms with Crippen LogP contribution in [0, 0.1) is 0 Å². The number of nitrogens with zero attached hydrogens (tertiary/aromatic N) is 3. The lowest BCUT2D eigenvalue weighted by molar-refractivity contribution is -0.113. The van der Waals surface area contributed by atoms with Gasteiger partial charge in [0.15, 0.2) is 0 Å². The van der Waals surface area contributed by atoms with E-state index in [0.717, 1.165) is 37.9 Å². The molecule has 29 heavy (non-hydrogen) atoms. The average molecular weight is 458 g/mol. The van der Waals surface area contributed by atoms with Crippen LogP contribution < -0.4 is 5.32 Å². The van der Waals surface area contributed by atoms with Crippen molar-refractivity contribution >= 4 is 45.0 Å². The monoisotopic (exact) mass is 457 g/mol. The molecule has 0 unspecified atom stereocenters. The number of hydrogen-bond acceptors (Lipinski definition) is 6. The molecule has 1 aliphatic heterocycles. The zero-order valence-electron chi connectivity index (χ0n) is 16.1. The third-order valence-corrected chi connectivity index (χ3v) is 7.71. The molecule has 0 aliphatic carbocycles. The highest BCUT2D eigenvalue weighted by Gasteiger charge is 2.28. The van der Waals surface area contributed by atoms with Crippen molar-refractivity contribution < 1.29 is 13.2 Å². The molecule has 8 nitrogen and oxygen atoms in total. The van der Waals surface area contributed by atoms with E-state index >= 15 is 0 Å². The van der Waals surface area contributed by atoms with Crippen LogP contribution in [0.3, 0.4) is 0 Å². The average Bonchev–Trinajstić information content (AvgIpc) is 3.16. The molecule has 11 heteroatoms. The third kappa shape index (κ3) is 5.71. The number of carbonyl (C=O) groups is 1. The first-order valence-electron chi connectivity index (χ1n) is 9.54. The summed E-state index contributed by atoms with van der Waals surface area (Å²) >= 11 is 7.38. The Morgan fingerprint density at radius 2 is 2.07 bits per heavy atom. The number of anilines is 1. The number of H-pyrrole nitrogens is 1. The second kappa shape index (κ2) is 9.92. The van der Waals surface area contributed by atoms with Gasteiger partial charge in [-0.2, -0.15) is 4.31 Å². The van der Waals surface area contributed by atoms with Gasteiger partial charge in [0, 0.05) is 25.2 Å². The summed E-state index contributed by atoms with van der Waals surface area (Å²) in [4.78, 5) is 16.6. The molecule has 0 saturated carbocycles. The number of nitrogens with one attached hydrogen (secondary N) is 2. The molecule has 2 N–H and O–H groups in total. The Labute approximate surface area is 179 Å². The molecule has 2 heterocycles. The van der Waals surface area contributed by atoms with E-state index < -0.39 is 10.0 Å². The molecule has 1 amide bonds. The largest absolute Gasteiger partial charge is 0.325 e. The number of carbonyl (C=O) groups excluding carboxylic acids is 1. The summed E-state index contributed by atoms with van der Waals surface area (Å²) in [6.45, 7) is 3.03. The maximum atomic E-state index is 12.9. The summed E-state index contributed by atoms with van der Waals surface area (Å²) < 4.78 is 27.3. The standard InChI is InChI=1S/C18H24ClN5O3S2/c1-2-6-16-21-18(23-22-16)28-12-17(25)20-13-7-8-14(19)15(11-13)29(26,27)24-9-4-3-5-10-24/h7-8,11H,2-6,9-10,12H2,1H3,(H,20,25)(H,21,22,23). The molecule has 0 atom stereocenters.